The van der Waals surface area contributed by atoms with Crippen LogP contribution in [0, 0.1) is 0 Å². The van der Waals surface area contributed by atoms with Crippen LogP contribution < -0.4 is 19.7 Å². The molecule has 174 valence electrons. The van der Waals surface area contributed by atoms with Crippen molar-refractivity contribution < 1.29 is 19.1 Å². The average molecular weight is 538 g/mol. The quantitative estimate of drug-likeness (QED) is 0.272. The highest BCUT2D eigenvalue weighted by Gasteiger charge is 2.34. The maximum atomic E-state index is 12.9. The first-order chi connectivity index (χ1) is 16.3. The Hall–Kier alpha value is -2.90. The molecule has 1 N–H and O–H groups in total. The highest BCUT2D eigenvalue weighted by Crippen LogP contribution is 2.38. The maximum absolute atomic E-state index is 12.9. The molecule has 4 rings (SSSR count). The molecule has 3 aromatic carbocycles. The van der Waals surface area contributed by atoms with Gasteiger partial charge in [-0.1, -0.05) is 52.5 Å². The minimum absolute atomic E-state index is 0.0830. The van der Waals surface area contributed by atoms with Gasteiger partial charge in [0.15, 0.2) is 11.5 Å². The monoisotopic (exact) mass is 536 g/mol. The zero-order valence-corrected chi connectivity index (χ0v) is 20.6. The van der Waals surface area contributed by atoms with Crippen molar-refractivity contribution in [3.63, 3.8) is 0 Å². The van der Waals surface area contributed by atoms with Gasteiger partial charge in [-0.05, 0) is 60.2 Å². The summed E-state index contributed by atoms with van der Waals surface area (Å²) in [7, 11) is 1.47. The number of hydrogen-bond donors (Lipinski definition) is 1. The number of benzene rings is 3. The minimum atomic E-state index is -0.573. The number of carbonyl (C=O) groups excluding carboxylic acids is 2. The summed E-state index contributed by atoms with van der Waals surface area (Å²) in [6, 6.07) is 14.1. The standard InChI is InChI=1S/C24H16Cl4N2O4/c1-33-21-10-13(8-19(28)22(21)34-12-14-2-3-16(26)11-18(14)27)9-20-23(31)30(24(32)29-20)17-6-4-15(25)5-7-17/h2-11H,12H2,1H3,(H,29,32)/b20-9+. The number of urea groups is 1. The number of halogens is 4. The lowest BCUT2D eigenvalue weighted by atomic mass is 10.1. The van der Waals surface area contributed by atoms with Crippen LogP contribution in [0.1, 0.15) is 11.1 Å². The van der Waals surface area contributed by atoms with Crippen molar-refractivity contribution in [2.45, 2.75) is 6.61 Å². The lowest BCUT2D eigenvalue weighted by molar-refractivity contribution is -0.113. The molecular weight excluding hydrogens is 522 g/mol. The Bertz CT molecular complexity index is 1310. The molecule has 10 heteroatoms. The van der Waals surface area contributed by atoms with Crippen LogP contribution in [0.4, 0.5) is 10.5 Å². The van der Waals surface area contributed by atoms with Gasteiger partial charge in [0.05, 0.1) is 17.8 Å². The first kappa shape index (κ1) is 24.2. The van der Waals surface area contributed by atoms with Crippen molar-refractivity contribution in [3.05, 3.63) is 91.5 Å². The molecule has 1 aliphatic rings. The van der Waals surface area contributed by atoms with E-state index >= 15 is 0 Å². The first-order valence-electron chi connectivity index (χ1n) is 9.84. The van der Waals surface area contributed by atoms with Crippen LogP contribution in [0.3, 0.4) is 0 Å². The number of carbonyl (C=O) groups is 2. The number of imide groups is 1. The molecule has 6 nitrogen and oxygen atoms in total. The van der Waals surface area contributed by atoms with Crippen LogP contribution in [0.5, 0.6) is 11.5 Å². The molecular formula is C24H16Cl4N2O4. The molecule has 1 aliphatic heterocycles. The van der Waals surface area contributed by atoms with Crippen LogP contribution in [0.15, 0.2) is 60.3 Å². The Kier molecular flexibility index (Phi) is 7.24. The molecule has 0 saturated carbocycles. The fourth-order valence-electron chi connectivity index (χ4n) is 3.28. The second-order valence-electron chi connectivity index (χ2n) is 7.16. The zero-order chi connectivity index (χ0) is 24.4. The third-order valence-electron chi connectivity index (χ3n) is 4.91. The molecule has 0 aliphatic carbocycles. The summed E-state index contributed by atoms with van der Waals surface area (Å²) in [6.45, 7) is 0.136. The number of anilines is 1. The Balaban J connectivity index is 1.58. The van der Waals surface area contributed by atoms with Gasteiger partial charge in [0.2, 0.25) is 0 Å². The van der Waals surface area contributed by atoms with Crippen LogP contribution in [0.2, 0.25) is 20.1 Å². The molecule has 0 spiro atoms. The summed E-state index contributed by atoms with van der Waals surface area (Å²) in [5.41, 5.74) is 1.73. The number of methoxy groups -OCH3 is 1. The summed E-state index contributed by atoms with van der Waals surface area (Å²) in [4.78, 5) is 26.3. The fourth-order valence-corrected chi connectivity index (χ4v) is 4.14. The van der Waals surface area contributed by atoms with Crippen molar-refractivity contribution in [2.75, 3.05) is 12.0 Å². The van der Waals surface area contributed by atoms with Gasteiger partial charge in [0, 0.05) is 20.6 Å². The van der Waals surface area contributed by atoms with Crippen molar-refractivity contribution in [1.82, 2.24) is 5.32 Å². The van der Waals surface area contributed by atoms with E-state index in [4.69, 9.17) is 55.9 Å². The topological polar surface area (TPSA) is 67.9 Å². The minimum Gasteiger partial charge on any atom is -0.493 e. The normalized spacial score (nSPS) is 14.5. The molecule has 1 heterocycles. The average Bonchev–Trinajstić information content (AvgIpc) is 3.07. The molecule has 0 radical (unpaired) electrons. The van der Waals surface area contributed by atoms with E-state index in [1.54, 1.807) is 54.6 Å². The third-order valence-corrected chi connectivity index (χ3v) is 6.03. The van der Waals surface area contributed by atoms with Gasteiger partial charge in [-0.3, -0.25) is 4.79 Å². The Morgan fingerprint density at radius 1 is 0.912 bits per heavy atom. The number of nitrogens with zero attached hydrogens (tertiary/aromatic N) is 1. The second kappa shape index (κ2) is 10.2. The molecule has 3 amide bonds. The lowest BCUT2D eigenvalue weighted by Gasteiger charge is -2.14. The second-order valence-corrected chi connectivity index (χ2v) is 8.85. The van der Waals surface area contributed by atoms with E-state index in [1.807, 2.05) is 0 Å². The summed E-state index contributed by atoms with van der Waals surface area (Å²) >= 11 is 24.5. The predicted molar refractivity (Wildman–Crippen MR) is 134 cm³/mol. The van der Waals surface area contributed by atoms with Gasteiger partial charge in [0.1, 0.15) is 12.3 Å². The van der Waals surface area contributed by atoms with E-state index in [2.05, 4.69) is 5.32 Å². The van der Waals surface area contributed by atoms with Gasteiger partial charge in [0.25, 0.3) is 5.91 Å². The molecule has 1 saturated heterocycles. The largest absolute Gasteiger partial charge is 0.493 e. The molecule has 1 fully saturated rings. The van der Waals surface area contributed by atoms with E-state index in [9.17, 15) is 9.59 Å². The summed E-state index contributed by atoms with van der Waals surface area (Å²) < 4.78 is 11.3. The van der Waals surface area contributed by atoms with Crippen molar-refractivity contribution >= 4 is 70.1 Å². The van der Waals surface area contributed by atoms with Crippen LogP contribution in [-0.2, 0) is 11.4 Å². The van der Waals surface area contributed by atoms with E-state index in [-0.39, 0.29) is 17.3 Å². The van der Waals surface area contributed by atoms with Gasteiger partial charge in [-0.25, -0.2) is 9.69 Å². The van der Waals surface area contributed by atoms with Crippen molar-refractivity contribution in [1.29, 1.82) is 0 Å². The van der Waals surface area contributed by atoms with Crippen LogP contribution >= 0.6 is 46.4 Å². The van der Waals surface area contributed by atoms with E-state index in [0.717, 1.165) is 10.5 Å². The van der Waals surface area contributed by atoms with Crippen LogP contribution in [0.25, 0.3) is 6.08 Å². The molecule has 0 bridgehead atoms. The van der Waals surface area contributed by atoms with E-state index in [1.165, 1.54) is 13.2 Å². The Morgan fingerprint density at radius 3 is 2.29 bits per heavy atom. The lowest BCUT2D eigenvalue weighted by Crippen LogP contribution is -2.30. The summed E-state index contributed by atoms with van der Waals surface area (Å²) in [5.74, 6) is 0.137. The van der Waals surface area contributed by atoms with Gasteiger partial charge >= 0.3 is 6.03 Å². The highest BCUT2D eigenvalue weighted by atomic mass is 35.5. The summed E-state index contributed by atoms with van der Waals surface area (Å²) in [6.07, 6.45) is 1.50. The zero-order valence-electron chi connectivity index (χ0n) is 17.6. The van der Waals surface area contributed by atoms with Gasteiger partial charge in [-0.2, -0.15) is 0 Å². The molecule has 3 aromatic rings. The van der Waals surface area contributed by atoms with Gasteiger partial charge in [-0.15, -0.1) is 0 Å². The fraction of sp³-hybridized carbons (Fsp3) is 0.0833. The maximum Gasteiger partial charge on any atom is 0.333 e. The molecule has 0 atom stereocenters. The smallest absolute Gasteiger partial charge is 0.333 e. The Morgan fingerprint density at radius 2 is 1.62 bits per heavy atom. The SMILES string of the molecule is COc1cc(/C=C2/NC(=O)N(c3ccc(Cl)cc3)C2=O)cc(Cl)c1OCc1ccc(Cl)cc1Cl. The number of amides is 3. The van der Waals surface area contributed by atoms with Crippen molar-refractivity contribution in [3.8, 4) is 11.5 Å². The Labute approximate surface area is 215 Å². The number of hydrogen-bond acceptors (Lipinski definition) is 4. The molecule has 0 aromatic heterocycles. The number of nitrogens with one attached hydrogen (secondary N) is 1. The first-order valence-corrected chi connectivity index (χ1v) is 11.3. The van der Waals surface area contributed by atoms with E-state index < -0.39 is 11.9 Å². The predicted octanol–water partition coefficient (Wildman–Crippen LogP) is 6.99. The third kappa shape index (κ3) is 5.10. The van der Waals surface area contributed by atoms with Gasteiger partial charge < -0.3 is 14.8 Å². The summed E-state index contributed by atoms with van der Waals surface area (Å²) in [5, 5.41) is 4.30. The molecule has 34 heavy (non-hydrogen) atoms. The number of rotatable bonds is 6. The molecule has 0 unspecified atom stereocenters. The van der Waals surface area contributed by atoms with Crippen molar-refractivity contribution in [2.24, 2.45) is 0 Å². The highest BCUT2D eigenvalue weighted by molar-refractivity contribution is 6.35. The van der Waals surface area contributed by atoms with E-state index in [0.29, 0.717) is 37.8 Å². The number of ether oxygens (including phenoxy) is 2. The van der Waals surface area contributed by atoms with Crippen LogP contribution in [-0.4, -0.2) is 19.0 Å².